The van der Waals surface area contributed by atoms with E-state index >= 15 is 0 Å². The highest BCUT2D eigenvalue weighted by Crippen LogP contribution is 2.22. The third-order valence-electron chi connectivity index (χ3n) is 3.43. The standard InChI is InChI=1S/C15H15ClFN3O/c16-15-7-13(17)12(9-19-15)14-2-1-11(8-18-14)10-20-3-5-21-6-4-20/h1-2,7-9H,3-6,10H2. The molecule has 0 atom stereocenters. The maximum absolute atomic E-state index is 13.8. The fourth-order valence-electron chi connectivity index (χ4n) is 2.29. The second-order valence-corrected chi connectivity index (χ2v) is 5.31. The SMILES string of the molecule is Fc1cc(Cl)ncc1-c1ccc(CN2CCOCC2)cn1. The van der Waals surface area contributed by atoms with Crippen molar-refractivity contribution in [3.05, 3.63) is 47.1 Å². The van der Waals surface area contributed by atoms with Crippen molar-refractivity contribution >= 4 is 11.6 Å². The molecule has 0 aliphatic carbocycles. The zero-order valence-corrected chi connectivity index (χ0v) is 12.2. The number of rotatable bonds is 3. The van der Waals surface area contributed by atoms with E-state index in [1.165, 1.54) is 12.3 Å². The first kappa shape index (κ1) is 14.4. The summed E-state index contributed by atoms with van der Waals surface area (Å²) in [5.74, 6) is -0.413. The van der Waals surface area contributed by atoms with E-state index < -0.39 is 5.82 Å². The number of halogens is 2. The topological polar surface area (TPSA) is 38.2 Å². The third-order valence-corrected chi connectivity index (χ3v) is 3.64. The lowest BCUT2D eigenvalue weighted by atomic mass is 10.1. The minimum Gasteiger partial charge on any atom is -0.379 e. The van der Waals surface area contributed by atoms with Crippen LogP contribution in [-0.2, 0) is 11.3 Å². The molecule has 6 heteroatoms. The summed E-state index contributed by atoms with van der Waals surface area (Å²) in [5.41, 5.74) is 2.02. The van der Waals surface area contributed by atoms with Crippen LogP contribution in [0.5, 0.6) is 0 Å². The minimum absolute atomic E-state index is 0.139. The molecule has 1 aliphatic rings. The van der Waals surface area contributed by atoms with Crippen LogP contribution in [0.1, 0.15) is 5.56 Å². The monoisotopic (exact) mass is 307 g/mol. The fourth-order valence-corrected chi connectivity index (χ4v) is 2.44. The second kappa shape index (κ2) is 6.47. The molecule has 21 heavy (non-hydrogen) atoms. The molecule has 0 saturated carbocycles. The van der Waals surface area contributed by atoms with Gasteiger partial charge in [0.05, 0.1) is 24.5 Å². The van der Waals surface area contributed by atoms with Crippen molar-refractivity contribution < 1.29 is 9.13 Å². The van der Waals surface area contributed by atoms with Crippen LogP contribution in [0.2, 0.25) is 5.15 Å². The highest BCUT2D eigenvalue weighted by atomic mass is 35.5. The van der Waals surface area contributed by atoms with Gasteiger partial charge in [0.25, 0.3) is 0 Å². The van der Waals surface area contributed by atoms with Crippen LogP contribution in [0.25, 0.3) is 11.3 Å². The predicted octanol–water partition coefficient (Wildman–Crippen LogP) is 2.77. The highest BCUT2D eigenvalue weighted by molar-refractivity contribution is 6.29. The van der Waals surface area contributed by atoms with Gasteiger partial charge >= 0.3 is 0 Å². The van der Waals surface area contributed by atoms with Gasteiger partial charge in [-0.2, -0.15) is 0 Å². The molecule has 1 aliphatic heterocycles. The number of hydrogen-bond donors (Lipinski definition) is 0. The van der Waals surface area contributed by atoms with E-state index in [9.17, 15) is 4.39 Å². The fraction of sp³-hybridized carbons (Fsp3) is 0.333. The summed E-state index contributed by atoms with van der Waals surface area (Å²) in [5, 5.41) is 0.139. The summed E-state index contributed by atoms with van der Waals surface area (Å²) in [7, 11) is 0. The van der Waals surface area contributed by atoms with Crippen LogP contribution in [-0.4, -0.2) is 41.2 Å². The average Bonchev–Trinajstić information content (AvgIpc) is 2.49. The van der Waals surface area contributed by atoms with E-state index in [2.05, 4.69) is 14.9 Å². The van der Waals surface area contributed by atoms with Gasteiger partial charge in [-0.3, -0.25) is 9.88 Å². The zero-order valence-electron chi connectivity index (χ0n) is 11.4. The summed E-state index contributed by atoms with van der Waals surface area (Å²) in [4.78, 5) is 10.5. The van der Waals surface area contributed by atoms with Gasteiger partial charge in [0.1, 0.15) is 11.0 Å². The molecule has 110 valence electrons. The second-order valence-electron chi connectivity index (χ2n) is 4.93. The normalized spacial score (nSPS) is 16.1. The smallest absolute Gasteiger partial charge is 0.137 e. The van der Waals surface area contributed by atoms with E-state index in [1.54, 1.807) is 6.20 Å². The summed E-state index contributed by atoms with van der Waals surface area (Å²) < 4.78 is 19.1. The molecule has 0 aromatic carbocycles. The number of hydrogen-bond acceptors (Lipinski definition) is 4. The molecular weight excluding hydrogens is 293 g/mol. The highest BCUT2D eigenvalue weighted by Gasteiger charge is 2.12. The molecule has 3 heterocycles. The number of aromatic nitrogens is 2. The van der Waals surface area contributed by atoms with Gasteiger partial charge < -0.3 is 4.74 Å². The van der Waals surface area contributed by atoms with Crippen molar-refractivity contribution in [3.63, 3.8) is 0 Å². The molecule has 0 bridgehead atoms. The van der Waals surface area contributed by atoms with Crippen molar-refractivity contribution in [3.8, 4) is 11.3 Å². The van der Waals surface area contributed by atoms with Crippen LogP contribution < -0.4 is 0 Å². The summed E-state index contributed by atoms with van der Waals surface area (Å²) in [6, 6.07) is 4.97. The molecule has 2 aromatic heterocycles. The summed E-state index contributed by atoms with van der Waals surface area (Å²) in [6.45, 7) is 4.23. The van der Waals surface area contributed by atoms with Crippen molar-refractivity contribution in [1.82, 2.24) is 14.9 Å². The Morgan fingerprint density at radius 3 is 2.67 bits per heavy atom. The van der Waals surface area contributed by atoms with Crippen molar-refractivity contribution in [2.45, 2.75) is 6.54 Å². The van der Waals surface area contributed by atoms with E-state index in [0.717, 1.165) is 38.4 Å². The first-order valence-electron chi connectivity index (χ1n) is 6.79. The summed E-state index contributed by atoms with van der Waals surface area (Å²) >= 11 is 5.65. The Labute approximate surface area is 127 Å². The average molecular weight is 308 g/mol. The van der Waals surface area contributed by atoms with E-state index in [-0.39, 0.29) is 5.15 Å². The lowest BCUT2D eigenvalue weighted by molar-refractivity contribution is 0.0341. The predicted molar refractivity (Wildman–Crippen MR) is 78.5 cm³/mol. The minimum atomic E-state index is -0.413. The van der Waals surface area contributed by atoms with Crippen LogP contribution in [0, 0.1) is 5.82 Å². The summed E-state index contributed by atoms with van der Waals surface area (Å²) in [6.07, 6.45) is 3.18. The van der Waals surface area contributed by atoms with Gasteiger partial charge in [0.2, 0.25) is 0 Å². The van der Waals surface area contributed by atoms with E-state index in [4.69, 9.17) is 16.3 Å². The van der Waals surface area contributed by atoms with E-state index in [0.29, 0.717) is 11.3 Å². The van der Waals surface area contributed by atoms with Gasteiger partial charge in [-0.25, -0.2) is 9.37 Å². The lowest BCUT2D eigenvalue weighted by Gasteiger charge is -2.26. The molecule has 1 saturated heterocycles. The Kier molecular flexibility index (Phi) is 4.43. The molecule has 2 aromatic rings. The maximum atomic E-state index is 13.8. The Hall–Kier alpha value is -1.56. The van der Waals surface area contributed by atoms with Crippen molar-refractivity contribution in [2.24, 2.45) is 0 Å². The molecular formula is C15H15ClFN3O. The largest absolute Gasteiger partial charge is 0.379 e. The lowest BCUT2D eigenvalue weighted by Crippen LogP contribution is -2.35. The van der Waals surface area contributed by atoms with Crippen LogP contribution in [0.3, 0.4) is 0 Å². The number of morpholine rings is 1. The first-order valence-corrected chi connectivity index (χ1v) is 7.16. The Morgan fingerprint density at radius 1 is 1.19 bits per heavy atom. The maximum Gasteiger partial charge on any atom is 0.137 e. The molecule has 3 rings (SSSR count). The molecule has 0 spiro atoms. The van der Waals surface area contributed by atoms with Crippen LogP contribution in [0.15, 0.2) is 30.6 Å². The number of ether oxygens (including phenoxy) is 1. The third kappa shape index (κ3) is 3.56. The van der Waals surface area contributed by atoms with Crippen LogP contribution >= 0.6 is 11.6 Å². The van der Waals surface area contributed by atoms with Crippen molar-refractivity contribution in [1.29, 1.82) is 0 Å². The first-order chi connectivity index (χ1) is 10.2. The van der Waals surface area contributed by atoms with Crippen LogP contribution in [0.4, 0.5) is 4.39 Å². The molecule has 1 fully saturated rings. The van der Waals surface area contributed by atoms with Gasteiger partial charge in [-0.1, -0.05) is 17.7 Å². The van der Waals surface area contributed by atoms with Gasteiger partial charge in [0.15, 0.2) is 0 Å². The Bertz CT molecular complexity index is 615. The molecule has 0 N–H and O–H groups in total. The molecule has 0 amide bonds. The van der Waals surface area contributed by atoms with Gasteiger partial charge in [0, 0.05) is 38.1 Å². The molecule has 0 unspecified atom stereocenters. The number of nitrogens with zero attached hydrogens (tertiary/aromatic N) is 3. The Balaban J connectivity index is 1.74. The Morgan fingerprint density at radius 2 is 2.00 bits per heavy atom. The molecule has 4 nitrogen and oxygen atoms in total. The number of pyridine rings is 2. The zero-order chi connectivity index (χ0) is 14.7. The molecule has 0 radical (unpaired) electrons. The van der Waals surface area contributed by atoms with Gasteiger partial charge in [-0.15, -0.1) is 0 Å². The van der Waals surface area contributed by atoms with Gasteiger partial charge in [-0.05, 0) is 11.6 Å². The van der Waals surface area contributed by atoms with E-state index in [1.807, 2.05) is 12.1 Å². The quantitative estimate of drug-likeness (QED) is 0.817. The van der Waals surface area contributed by atoms with Crippen molar-refractivity contribution in [2.75, 3.05) is 26.3 Å².